The maximum Gasteiger partial charge on any atom is 0.503 e. The number of halogens is 2. The Bertz CT molecular complexity index is 279. The number of alkyl halides is 2. The smallest absolute Gasteiger partial charge is 0.474 e. The minimum absolute atomic E-state index is 0.0669. The van der Waals surface area contributed by atoms with Gasteiger partial charge in [0.1, 0.15) is 6.54 Å². The van der Waals surface area contributed by atoms with Gasteiger partial charge in [0.15, 0.2) is 5.78 Å². The van der Waals surface area contributed by atoms with Gasteiger partial charge in [0.05, 0.1) is 6.42 Å². The number of Topliss-reactive ketones (excluding diaryl/α,β-unsaturated/α-hetero) is 1. The molecule has 0 aromatic heterocycles. The molecule has 0 heterocycles. The Kier molecular flexibility index (Phi) is 4.79. The van der Waals surface area contributed by atoms with Gasteiger partial charge in [0.25, 0.3) is 0 Å². The van der Waals surface area contributed by atoms with Crippen LogP contribution in [0, 0.1) is 0 Å². The Morgan fingerprint density at radius 1 is 1.27 bits per heavy atom. The number of carboxylic acid groups (broad SMARTS) is 1. The van der Waals surface area contributed by atoms with Gasteiger partial charge in [-0.15, -0.1) is 0 Å². The first-order chi connectivity index (χ1) is 6.79. The van der Waals surface area contributed by atoms with E-state index in [1.54, 1.807) is 0 Å². The number of carbonyl (C=O) groups is 3. The highest BCUT2D eigenvalue weighted by Gasteiger charge is 2.44. The van der Waals surface area contributed by atoms with E-state index < -0.39 is 30.3 Å². The number of ether oxygens (including phenoxy) is 1. The van der Waals surface area contributed by atoms with E-state index in [4.69, 9.17) is 5.11 Å². The fraction of sp³-hybridized carbons (Fsp3) is 0.571. The predicted octanol–water partition coefficient (Wildman–Crippen LogP) is -1.20. The van der Waals surface area contributed by atoms with E-state index in [0.29, 0.717) is 0 Å². The van der Waals surface area contributed by atoms with Crippen LogP contribution in [-0.4, -0.2) is 35.5 Å². The molecule has 0 atom stereocenters. The number of hydrogen-bond donors (Lipinski definition) is 2. The van der Waals surface area contributed by atoms with Crippen LogP contribution in [0.5, 0.6) is 0 Å². The Balaban J connectivity index is 4.04. The summed E-state index contributed by atoms with van der Waals surface area (Å²) in [6.45, 7) is -0.0669. The first-order valence-corrected chi connectivity index (χ1v) is 3.93. The summed E-state index contributed by atoms with van der Waals surface area (Å²) in [7, 11) is 0. The van der Waals surface area contributed by atoms with E-state index in [0.717, 1.165) is 0 Å². The topological polar surface area (TPSA) is 108 Å². The summed E-state index contributed by atoms with van der Waals surface area (Å²) >= 11 is 0. The largest absolute Gasteiger partial charge is 0.503 e. The van der Waals surface area contributed by atoms with Gasteiger partial charge >= 0.3 is 18.0 Å². The molecule has 0 rings (SSSR count). The van der Waals surface area contributed by atoms with Gasteiger partial charge in [0.2, 0.25) is 0 Å². The zero-order valence-electron chi connectivity index (χ0n) is 7.66. The summed E-state index contributed by atoms with van der Waals surface area (Å²) in [5.74, 6) is -4.39. The minimum Gasteiger partial charge on any atom is -0.474 e. The summed E-state index contributed by atoms with van der Waals surface area (Å²) in [4.78, 5) is 31.1. The number of carboxylic acids is 1. The lowest BCUT2D eigenvalue weighted by Crippen LogP contribution is -2.54. The number of hydrogen-bond acceptors (Lipinski definition) is 4. The summed E-state index contributed by atoms with van der Waals surface area (Å²) in [5.41, 5.74) is 3.22. The van der Waals surface area contributed by atoms with Gasteiger partial charge in [-0.1, -0.05) is 0 Å². The highest BCUT2D eigenvalue weighted by molar-refractivity contribution is 5.84. The third kappa shape index (κ3) is 5.01. The molecule has 0 aliphatic heterocycles. The average molecular weight is 226 g/mol. The first-order valence-electron chi connectivity index (χ1n) is 3.93. The van der Waals surface area contributed by atoms with Gasteiger partial charge < -0.3 is 15.6 Å². The molecule has 6 nitrogen and oxygen atoms in total. The third-order valence-corrected chi connectivity index (χ3v) is 1.38. The van der Waals surface area contributed by atoms with Crippen molar-refractivity contribution >= 4 is 17.7 Å². The van der Waals surface area contributed by atoms with Crippen LogP contribution < -0.4 is 5.73 Å². The van der Waals surface area contributed by atoms with Crippen LogP contribution in [0.4, 0.5) is 8.78 Å². The van der Waals surface area contributed by atoms with Gasteiger partial charge in [-0.2, -0.15) is 8.78 Å². The third-order valence-electron chi connectivity index (χ3n) is 1.38. The molecule has 0 radical (unpaired) electrons. The number of esters is 1. The quantitative estimate of drug-likeness (QED) is 0.553. The van der Waals surface area contributed by atoms with Crippen LogP contribution in [0.3, 0.4) is 0 Å². The molecule has 0 aromatic rings. The molecule has 0 saturated carbocycles. The van der Waals surface area contributed by atoms with Crippen molar-refractivity contribution in [2.75, 3.05) is 6.54 Å². The second-order valence-electron chi connectivity index (χ2n) is 2.58. The van der Waals surface area contributed by atoms with Crippen LogP contribution in [0.25, 0.3) is 0 Å². The summed E-state index contributed by atoms with van der Waals surface area (Å²) in [5, 5.41) is 7.91. The maximum atomic E-state index is 12.3. The predicted molar refractivity (Wildman–Crippen MR) is 40.7 cm³/mol. The Morgan fingerprint density at radius 2 is 1.80 bits per heavy atom. The summed E-state index contributed by atoms with van der Waals surface area (Å²) in [6.07, 6.45) is -5.43. The molecule has 0 aliphatic rings. The summed E-state index contributed by atoms with van der Waals surface area (Å²) in [6, 6.07) is 0. The lowest BCUT2D eigenvalue weighted by atomic mass is 10.2. The van der Waals surface area contributed by atoms with Crippen LogP contribution in [-0.2, 0) is 19.1 Å². The van der Waals surface area contributed by atoms with Crippen molar-refractivity contribution < 1.29 is 38.7 Å². The van der Waals surface area contributed by atoms with Crippen LogP contribution >= 0.6 is 0 Å². The van der Waals surface area contributed by atoms with Crippen LogP contribution in [0.15, 0.2) is 0 Å². The molecule has 0 bridgehead atoms. The van der Waals surface area contributed by atoms with Crippen molar-refractivity contribution in [2.24, 2.45) is 0 Å². The number of aliphatic carboxylic acids is 1. The molecule has 0 aliphatic carbocycles. The standard InChI is InChI=1S/C7H9F2NO5/c8-7(9,6(13)14)15-5(12)2-1-4(11)3-10/h1-3,10H2,(H,13,14)/p+1. The van der Waals surface area contributed by atoms with Crippen LogP contribution in [0.2, 0.25) is 0 Å². The molecule has 0 unspecified atom stereocenters. The molecular weight excluding hydrogens is 216 g/mol. The normalized spacial score (nSPS) is 10.9. The van der Waals surface area contributed by atoms with E-state index in [1.807, 2.05) is 0 Å². The van der Waals surface area contributed by atoms with Gasteiger partial charge in [0, 0.05) is 6.42 Å². The van der Waals surface area contributed by atoms with E-state index in [1.165, 1.54) is 0 Å². The van der Waals surface area contributed by atoms with Crippen molar-refractivity contribution in [2.45, 2.75) is 19.0 Å². The zero-order valence-corrected chi connectivity index (χ0v) is 7.66. The molecule has 86 valence electrons. The second kappa shape index (κ2) is 5.35. The fourth-order valence-corrected chi connectivity index (χ4v) is 0.604. The molecule has 0 spiro atoms. The highest BCUT2D eigenvalue weighted by Crippen LogP contribution is 2.16. The zero-order chi connectivity index (χ0) is 12.1. The highest BCUT2D eigenvalue weighted by atomic mass is 19.3. The molecule has 8 heteroatoms. The Labute approximate surface area is 83.0 Å². The van der Waals surface area contributed by atoms with E-state index in [-0.39, 0.29) is 13.0 Å². The second-order valence-corrected chi connectivity index (χ2v) is 2.58. The molecule has 0 amide bonds. The van der Waals surface area contributed by atoms with Crippen molar-refractivity contribution in [3.8, 4) is 0 Å². The van der Waals surface area contributed by atoms with Gasteiger partial charge in [-0.3, -0.25) is 9.59 Å². The van der Waals surface area contributed by atoms with Crippen molar-refractivity contribution in [1.82, 2.24) is 0 Å². The monoisotopic (exact) mass is 226 g/mol. The van der Waals surface area contributed by atoms with Crippen molar-refractivity contribution in [1.29, 1.82) is 0 Å². The minimum atomic E-state index is -4.55. The number of carbonyl (C=O) groups excluding carboxylic acids is 2. The van der Waals surface area contributed by atoms with Crippen molar-refractivity contribution in [3.63, 3.8) is 0 Å². The lowest BCUT2D eigenvalue weighted by molar-refractivity contribution is -0.354. The lowest BCUT2D eigenvalue weighted by Gasteiger charge is -2.10. The molecule has 0 saturated heterocycles. The van der Waals surface area contributed by atoms with Gasteiger partial charge in [-0.25, -0.2) is 4.79 Å². The fourth-order valence-electron chi connectivity index (χ4n) is 0.604. The first kappa shape index (κ1) is 13.4. The molecular formula is C7H10F2NO5+. The van der Waals surface area contributed by atoms with Crippen molar-refractivity contribution in [3.05, 3.63) is 0 Å². The van der Waals surface area contributed by atoms with E-state index in [9.17, 15) is 23.2 Å². The molecule has 0 aromatic carbocycles. The average Bonchev–Trinajstić information content (AvgIpc) is 2.13. The van der Waals surface area contributed by atoms with E-state index in [2.05, 4.69) is 10.5 Å². The number of ketones is 1. The molecule has 0 fully saturated rings. The maximum absolute atomic E-state index is 12.3. The van der Waals surface area contributed by atoms with E-state index >= 15 is 0 Å². The SMILES string of the molecule is [NH3+]CC(=O)CCC(=O)OC(F)(F)C(=O)O. The molecule has 15 heavy (non-hydrogen) atoms. The van der Waals surface area contributed by atoms with Crippen LogP contribution in [0.1, 0.15) is 12.8 Å². The summed E-state index contributed by atoms with van der Waals surface area (Å²) < 4.78 is 27.9. The molecule has 4 N–H and O–H groups in total. The number of quaternary nitrogens is 1. The Hall–Kier alpha value is -1.57. The number of rotatable bonds is 6. The Morgan fingerprint density at radius 3 is 2.20 bits per heavy atom. The van der Waals surface area contributed by atoms with Gasteiger partial charge in [-0.05, 0) is 0 Å².